The largest absolute Gasteiger partial charge is 0.353 e. The molecule has 0 bridgehead atoms. The average molecular weight is 441 g/mol. The third-order valence-electron chi connectivity index (χ3n) is 5.58. The van der Waals surface area contributed by atoms with Gasteiger partial charge in [-0.15, -0.1) is 11.3 Å². The van der Waals surface area contributed by atoms with Gasteiger partial charge in [-0.25, -0.2) is 14.4 Å². The lowest BCUT2D eigenvalue weighted by Gasteiger charge is -2.04. The van der Waals surface area contributed by atoms with Gasteiger partial charge in [0.25, 0.3) is 0 Å². The number of hydrogen-bond donors (Lipinski definition) is 2. The summed E-state index contributed by atoms with van der Waals surface area (Å²) in [5.74, 6) is -0.289. The number of benzene rings is 1. The zero-order chi connectivity index (χ0) is 21.8. The molecule has 6 rings (SSSR count). The summed E-state index contributed by atoms with van der Waals surface area (Å²) in [6.07, 6.45) is 3.58. The topological polar surface area (TPSA) is 83.1 Å². The van der Waals surface area contributed by atoms with Crippen LogP contribution in [0.25, 0.3) is 55.2 Å². The number of aromatic amines is 2. The van der Waals surface area contributed by atoms with Gasteiger partial charge in [-0.1, -0.05) is 12.1 Å². The summed E-state index contributed by atoms with van der Waals surface area (Å²) in [5, 5.41) is 9.59. The zero-order valence-corrected chi connectivity index (χ0v) is 18.1. The van der Waals surface area contributed by atoms with Gasteiger partial charge in [0.1, 0.15) is 17.0 Å². The van der Waals surface area contributed by atoms with E-state index in [1.807, 2.05) is 44.3 Å². The first-order valence-corrected chi connectivity index (χ1v) is 10.9. The minimum Gasteiger partial charge on any atom is -0.353 e. The highest BCUT2D eigenvalue weighted by Gasteiger charge is 2.20. The highest BCUT2D eigenvalue weighted by molar-refractivity contribution is 7.15. The second-order valence-corrected chi connectivity index (χ2v) is 8.86. The Kier molecular flexibility index (Phi) is 4.16. The lowest BCUT2D eigenvalue weighted by Crippen LogP contribution is -1.87. The van der Waals surface area contributed by atoms with Gasteiger partial charge >= 0.3 is 0 Å². The van der Waals surface area contributed by atoms with Crippen molar-refractivity contribution < 1.29 is 4.39 Å². The lowest BCUT2D eigenvalue weighted by molar-refractivity contribution is 0.628. The van der Waals surface area contributed by atoms with Crippen molar-refractivity contribution >= 4 is 33.3 Å². The first kappa shape index (κ1) is 18.8. The molecule has 5 aromatic heterocycles. The van der Waals surface area contributed by atoms with Crippen LogP contribution in [-0.4, -0.2) is 30.1 Å². The number of aromatic nitrogens is 6. The molecule has 0 saturated carbocycles. The fraction of sp³-hybridized carbons (Fsp3) is 0.0833. The molecular weight excluding hydrogens is 423 g/mol. The molecule has 0 atom stereocenters. The van der Waals surface area contributed by atoms with Crippen LogP contribution < -0.4 is 0 Å². The van der Waals surface area contributed by atoms with Crippen LogP contribution in [0.1, 0.15) is 10.6 Å². The molecule has 8 heteroatoms. The Balaban J connectivity index is 1.56. The van der Waals surface area contributed by atoms with Crippen LogP contribution in [0.15, 0.2) is 54.9 Å². The predicted molar refractivity (Wildman–Crippen MR) is 125 cm³/mol. The molecule has 2 N–H and O–H groups in total. The van der Waals surface area contributed by atoms with Gasteiger partial charge in [-0.2, -0.15) is 5.10 Å². The van der Waals surface area contributed by atoms with Crippen molar-refractivity contribution in [3.05, 3.63) is 71.2 Å². The number of H-pyrrole nitrogens is 2. The van der Waals surface area contributed by atoms with Gasteiger partial charge in [-0.3, -0.25) is 10.1 Å². The maximum Gasteiger partial charge on any atom is 0.135 e. The van der Waals surface area contributed by atoms with Gasteiger partial charge in [-0.05, 0) is 49.7 Å². The van der Waals surface area contributed by atoms with Crippen LogP contribution in [0, 0.1) is 19.7 Å². The highest BCUT2D eigenvalue weighted by atomic mass is 32.1. The third kappa shape index (κ3) is 2.91. The van der Waals surface area contributed by atoms with Crippen LogP contribution >= 0.6 is 11.3 Å². The Morgan fingerprint density at radius 2 is 1.88 bits per heavy atom. The summed E-state index contributed by atoms with van der Waals surface area (Å²) in [6, 6.07) is 12.4. The molecule has 0 aliphatic carbocycles. The summed E-state index contributed by atoms with van der Waals surface area (Å²) in [4.78, 5) is 18.3. The van der Waals surface area contributed by atoms with E-state index < -0.39 is 0 Å². The molecule has 0 unspecified atom stereocenters. The van der Waals surface area contributed by atoms with Crippen LogP contribution in [0.2, 0.25) is 0 Å². The number of rotatable bonds is 3. The van der Waals surface area contributed by atoms with Crippen LogP contribution in [-0.2, 0) is 0 Å². The molecule has 0 saturated heterocycles. The molecule has 0 spiro atoms. The number of thiazole rings is 1. The van der Waals surface area contributed by atoms with E-state index in [1.54, 1.807) is 23.6 Å². The molecule has 0 fully saturated rings. The zero-order valence-electron chi connectivity index (χ0n) is 17.3. The molecule has 156 valence electrons. The second kappa shape index (κ2) is 7.06. The van der Waals surface area contributed by atoms with E-state index in [4.69, 9.17) is 4.98 Å². The highest BCUT2D eigenvalue weighted by Crippen LogP contribution is 2.37. The summed E-state index contributed by atoms with van der Waals surface area (Å²) in [6.45, 7) is 4.00. The predicted octanol–water partition coefficient (Wildman–Crippen LogP) is 6.05. The summed E-state index contributed by atoms with van der Waals surface area (Å²) >= 11 is 1.61. The van der Waals surface area contributed by atoms with Gasteiger partial charge in [0.2, 0.25) is 0 Å². The van der Waals surface area contributed by atoms with Crippen molar-refractivity contribution in [3.63, 3.8) is 0 Å². The number of nitrogens with zero attached hydrogens (tertiary/aromatic N) is 4. The molecular formula is C24H17FN6S. The molecule has 0 radical (unpaired) electrons. The minimum absolute atomic E-state index is 0.289. The molecule has 0 amide bonds. The molecule has 0 aliphatic heterocycles. The quantitative estimate of drug-likeness (QED) is 0.351. The van der Waals surface area contributed by atoms with Gasteiger partial charge in [0.05, 0.1) is 32.5 Å². The van der Waals surface area contributed by atoms with Crippen molar-refractivity contribution in [1.29, 1.82) is 0 Å². The van der Waals surface area contributed by atoms with Crippen LogP contribution in [0.5, 0.6) is 0 Å². The Morgan fingerprint density at radius 3 is 2.69 bits per heavy atom. The fourth-order valence-corrected chi connectivity index (χ4v) is 4.83. The number of nitrogens with one attached hydrogen (secondary N) is 2. The summed E-state index contributed by atoms with van der Waals surface area (Å²) in [5.41, 5.74) is 7.46. The molecule has 32 heavy (non-hydrogen) atoms. The van der Waals surface area contributed by atoms with E-state index in [1.165, 1.54) is 12.1 Å². The van der Waals surface area contributed by atoms with E-state index in [0.29, 0.717) is 0 Å². The monoisotopic (exact) mass is 440 g/mol. The van der Waals surface area contributed by atoms with Gasteiger partial charge in [0.15, 0.2) is 0 Å². The number of hydrogen-bond acceptors (Lipinski definition) is 5. The van der Waals surface area contributed by atoms with Crippen molar-refractivity contribution in [2.24, 2.45) is 0 Å². The van der Waals surface area contributed by atoms with Crippen molar-refractivity contribution in [2.75, 3.05) is 0 Å². The number of fused-ring (bicyclic) bond motifs is 2. The van der Waals surface area contributed by atoms with Crippen LogP contribution in [0.4, 0.5) is 4.39 Å². The fourth-order valence-electron chi connectivity index (χ4n) is 4.08. The smallest absolute Gasteiger partial charge is 0.135 e. The molecule has 6 nitrogen and oxygen atoms in total. The molecule has 6 aromatic rings. The molecule has 0 aliphatic rings. The van der Waals surface area contributed by atoms with E-state index in [0.717, 1.165) is 65.7 Å². The maximum absolute atomic E-state index is 13.9. The standard InChI is InChI=1S/C24H17FN6S/c1-12-20-17(8-9-26-22(20)14-4-3-5-15(25)10-14)29-21(12)24-23-18(30-31-24)7-6-16(28-23)19-11-27-13(2)32-19/h3-11,29H,1-2H3,(H,30,31). The minimum atomic E-state index is -0.289. The first-order valence-electron chi connectivity index (χ1n) is 10.1. The summed E-state index contributed by atoms with van der Waals surface area (Å²) in [7, 11) is 0. The second-order valence-electron chi connectivity index (χ2n) is 7.63. The van der Waals surface area contributed by atoms with E-state index in [2.05, 4.69) is 25.1 Å². The van der Waals surface area contributed by atoms with E-state index in [9.17, 15) is 4.39 Å². The first-order chi connectivity index (χ1) is 15.6. The van der Waals surface area contributed by atoms with Gasteiger partial charge in [0, 0.05) is 28.9 Å². The molecule has 5 heterocycles. The van der Waals surface area contributed by atoms with E-state index >= 15 is 0 Å². The third-order valence-corrected chi connectivity index (χ3v) is 6.51. The Labute approximate surface area is 186 Å². The number of aryl methyl sites for hydroxylation is 2. The molecule has 1 aromatic carbocycles. The Hall–Kier alpha value is -3.91. The Morgan fingerprint density at radius 1 is 0.969 bits per heavy atom. The van der Waals surface area contributed by atoms with Gasteiger partial charge < -0.3 is 4.98 Å². The summed E-state index contributed by atoms with van der Waals surface area (Å²) < 4.78 is 13.9. The Bertz CT molecular complexity index is 1630. The van der Waals surface area contributed by atoms with Crippen LogP contribution in [0.3, 0.4) is 0 Å². The lowest BCUT2D eigenvalue weighted by atomic mass is 10.0. The van der Waals surface area contributed by atoms with E-state index in [-0.39, 0.29) is 5.82 Å². The SMILES string of the molecule is Cc1ncc(-c2ccc3[nH]nc(-c4[nH]c5ccnc(-c6cccc(F)c6)c5c4C)c3n2)s1. The number of halogens is 1. The van der Waals surface area contributed by atoms with Crippen molar-refractivity contribution in [1.82, 2.24) is 30.1 Å². The van der Waals surface area contributed by atoms with Crippen molar-refractivity contribution in [3.8, 4) is 33.2 Å². The maximum atomic E-state index is 13.9. The normalized spacial score (nSPS) is 11.6. The number of pyridine rings is 2. The average Bonchev–Trinajstić information content (AvgIpc) is 3.50. The van der Waals surface area contributed by atoms with Crippen molar-refractivity contribution in [2.45, 2.75) is 13.8 Å².